The van der Waals surface area contributed by atoms with Gasteiger partial charge < -0.3 is 19.9 Å². The van der Waals surface area contributed by atoms with E-state index in [1.807, 2.05) is 11.8 Å². The molecule has 3 fully saturated rings. The number of benzene rings is 2. The van der Waals surface area contributed by atoms with Crippen LogP contribution in [0.3, 0.4) is 0 Å². The molecular weight excluding hydrogens is 606 g/mol. The second kappa shape index (κ2) is 11.6. The second-order valence-electron chi connectivity index (χ2n) is 12.0. The molecule has 2 aromatic rings. The number of rotatable bonds is 7. The molecule has 12 heteroatoms. The van der Waals surface area contributed by atoms with Crippen molar-refractivity contribution in [3.63, 3.8) is 0 Å². The molecule has 2 saturated heterocycles. The van der Waals surface area contributed by atoms with Crippen LogP contribution >= 0.6 is 23.2 Å². The summed E-state index contributed by atoms with van der Waals surface area (Å²) >= 11 is 12.5. The van der Waals surface area contributed by atoms with E-state index in [2.05, 4.69) is 5.32 Å². The first-order chi connectivity index (χ1) is 20.2. The third-order valence-corrected chi connectivity index (χ3v) is 10.2. The largest absolute Gasteiger partial charge is 0.496 e. The summed E-state index contributed by atoms with van der Waals surface area (Å²) in [4.78, 5) is 44.7. The summed E-state index contributed by atoms with van der Waals surface area (Å²) < 4.78 is 46.4. The minimum atomic E-state index is -4.76. The number of Topliss-reactive ketones (excluding diaryl/α,β-unsaturated/α-hetero) is 1. The molecule has 2 atom stereocenters. The van der Waals surface area contributed by atoms with Gasteiger partial charge in [0.15, 0.2) is 5.78 Å². The van der Waals surface area contributed by atoms with Gasteiger partial charge in [-0.1, -0.05) is 36.2 Å². The van der Waals surface area contributed by atoms with E-state index in [-0.39, 0.29) is 34.2 Å². The number of hydrogen-bond acceptors (Lipinski definition) is 5. The lowest BCUT2D eigenvalue weighted by atomic mass is 9.71. The van der Waals surface area contributed by atoms with Crippen molar-refractivity contribution in [1.82, 2.24) is 15.1 Å². The van der Waals surface area contributed by atoms with Crippen LogP contribution in [0.5, 0.6) is 5.75 Å². The number of ether oxygens (including phenoxy) is 1. The zero-order valence-corrected chi connectivity index (χ0v) is 25.7. The molecule has 3 aliphatic rings. The number of likely N-dealkylation sites (tertiary alicyclic amines) is 1. The lowest BCUT2D eigenvalue weighted by Gasteiger charge is -2.45. The Morgan fingerprint density at radius 3 is 2.30 bits per heavy atom. The fourth-order valence-corrected chi connectivity index (χ4v) is 6.82. The van der Waals surface area contributed by atoms with Gasteiger partial charge in [-0.05, 0) is 61.6 Å². The Bertz CT molecular complexity index is 1440. The Balaban J connectivity index is 1.51. The van der Waals surface area contributed by atoms with E-state index in [0.717, 1.165) is 32.1 Å². The van der Waals surface area contributed by atoms with Gasteiger partial charge in [0, 0.05) is 56.0 Å². The fraction of sp³-hybridized carbons (Fsp3) is 0.516. The number of likely N-dealkylation sites (N-methyl/N-ethyl adjacent to an activating group) is 1. The fourth-order valence-electron chi connectivity index (χ4n) is 6.52. The second-order valence-corrected chi connectivity index (χ2v) is 12.9. The van der Waals surface area contributed by atoms with E-state index in [1.165, 1.54) is 18.0 Å². The number of halogens is 5. The topological polar surface area (TPSA) is 79.0 Å². The summed E-state index contributed by atoms with van der Waals surface area (Å²) in [5, 5.41) is 3.87. The van der Waals surface area contributed by atoms with Gasteiger partial charge in [0.25, 0.3) is 5.91 Å². The highest BCUT2D eigenvalue weighted by molar-refractivity contribution is 6.42. The van der Waals surface area contributed by atoms with Crippen molar-refractivity contribution in [2.75, 3.05) is 40.3 Å². The summed E-state index contributed by atoms with van der Waals surface area (Å²) in [5.41, 5.74) is -2.38. The van der Waals surface area contributed by atoms with Crippen molar-refractivity contribution in [2.45, 2.75) is 50.2 Å². The number of methoxy groups -OCH3 is 1. The maximum absolute atomic E-state index is 14.7. The van der Waals surface area contributed by atoms with Gasteiger partial charge in [0.05, 0.1) is 22.7 Å². The summed E-state index contributed by atoms with van der Waals surface area (Å²) in [5.74, 6) is -2.25. The van der Waals surface area contributed by atoms with Crippen molar-refractivity contribution in [3.05, 3.63) is 63.1 Å². The predicted octanol–water partition coefficient (Wildman–Crippen LogP) is 5.83. The monoisotopic (exact) mass is 639 g/mol. The number of nitrogens with zero attached hydrogens (tertiary/aromatic N) is 2. The van der Waals surface area contributed by atoms with E-state index in [0.29, 0.717) is 43.1 Å². The summed E-state index contributed by atoms with van der Waals surface area (Å²) in [6, 6.07) is 8.16. The Morgan fingerprint density at radius 1 is 1.05 bits per heavy atom. The normalized spacial score (nSPS) is 23.6. The van der Waals surface area contributed by atoms with Gasteiger partial charge in [0.1, 0.15) is 11.3 Å². The van der Waals surface area contributed by atoms with Crippen LogP contribution in [-0.2, 0) is 15.8 Å². The molecule has 2 amide bonds. The van der Waals surface area contributed by atoms with Crippen LogP contribution in [0.25, 0.3) is 0 Å². The number of carbonyl (C=O) groups is 3. The van der Waals surface area contributed by atoms with Crippen LogP contribution in [-0.4, -0.2) is 73.3 Å². The molecule has 2 heterocycles. The molecule has 0 spiro atoms. The van der Waals surface area contributed by atoms with E-state index >= 15 is 0 Å². The van der Waals surface area contributed by atoms with Crippen molar-refractivity contribution in [3.8, 4) is 5.75 Å². The van der Waals surface area contributed by atoms with Gasteiger partial charge in [-0.25, -0.2) is 0 Å². The molecule has 5 rings (SSSR count). The third kappa shape index (κ3) is 5.73. The molecular formula is C31H34Cl2F3N3O4. The lowest BCUT2D eigenvalue weighted by Crippen LogP contribution is -2.62. The van der Waals surface area contributed by atoms with E-state index in [1.54, 1.807) is 18.2 Å². The van der Waals surface area contributed by atoms with Gasteiger partial charge in [-0.15, -0.1) is 0 Å². The Labute approximate surface area is 258 Å². The molecule has 2 aromatic carbocycles. The van der Waals surface area contributed by atoms with E-state index < -0.39 is 40.8 Å². The molecule has 0 bridgehead atoms. The molecule has 0 radical (unpaired) electrons. The van der Waals surface area contributed by atoms with E-state index in [9.17, 15) is 27.6 Å². The summed E-state index contributed by atoms with van der Waals surface area (Å²) in [7, 11) is 2.59. The lowest BCUT2D eigenvalue weighted by molar-refractivity contribution is -0.142. The van der Waals surface area contributed by atoms with Crippen LogP contribution in [0.1, 0.15) is 60.0 Å². The van der Waals surface area contributed by atoms with Crippen LogP contribution in [0.2, 0.25) is 10.0 Å². The standard InChI is InChI=1S/C31H34Cl2F3N3O4/c1-29(10-11-29)28(42)39-12-8-18(9-13-39)26(40)30(17-37-16-22(30)19-4-6-23(32)24(33)15-19)38(2)27(41)20-5-7-25(43-3)21(14-20)31(34,35)36/h4-7,14-15,18,22,37H,8-13,16-17H2,1-3H3/t22-,30+/m1/s1. The highest BCUT2D eigenvalue weighted by Gasteiger charge is 2.56. The molecule has 2 aliphatic heterocycles. The molecule has 1 N–H and O–H groups in total. The Kier molecular flexibility index (Phi) is 8.52. The van der Waals surface area contributed by atoms with Crippen molar-refractivity contribution >= 4 is 40.8 Å². The maximum Gasteiger partial charge on any atom is 0.419 e. The SMILES string of the molecule is COc1ccc(C(=O)N(C)[C@@]2(C(=O)C3CCN(C(=O)C4(C)CC4)CC3)CNC[C@@H]2c2ccc(Cl)c(Cl)c2)cc1C(F)(F)F. The molecule has 7 nitrogen and oxygen atoms in total. The average molecular weight is 641 g/mol. The zero-order valence-electron chi connectivity index (χ0n) is 24.2. The van der Waals surface area contributed by atoms with Crippen LogP contribution < -0.4 is 10.1 Å². The first-order valence-corrected chi connectivity index (χ1v) is 15.0. The van der Waals surface area contributed by atoms with Crippen LogP contribution in [0.4, 0.5) is 13.2 Å². The predicted molar refractivity (Wildman–Crippen MR) is 157 cm³/mol. The highest BCUT2D eigenvalue weighted by Crippen LogP contribution is 2.48. The first kappa shape index (κ1) is 31.6. The van der Waals surface area contributed by atoms with Gasteiger partial charge >= 0.3 is 6.18 Å². The first-order valence-electron chi connectivity index (χ1n) is 14.3. The number of carbonyl (C=O) groups excluding carboxylic acids is 3. The Morgan fingerprint density at radius 2 is 1.72 bits per heavy atom. The quantitative estimate of drug-likeness (QED) is 0.413. The zero-order chi connectivity index (χ0) is 31.3. The molecule has 232 valence electrons. The van der Waals surface area contributed by atoms with Crippen LogP contribution in [0.15, 0.2) is 36.4 Å². The smallest absolute Gasteiger partial charge is 0.419 e. The molecule has 1 aliphatic carbocycles. The number of piperidine rings is 1. The molecule has 43 heavy (non-hydrogen) atoms. The summed E-state index contributed by atoms with van der Waals surface area (Å²) in [6.45, 7) is 3.23. The van der Waals surface area contributed by atoms with Gasteiger partial charge in [-0.2, -0.15) is 13.2 Å². The number of alkyl halides is 3. The van der Waals surface area contributed by atoms with Crippen LogP contribution in [0, 0.1) is 11.3 Å². The number of amides is 2. The van der Waals surface area contributed by atoms with E-state index in [4.69, 9.17) is 27.9 Å². The van der Waals surface area contributed by atoms with Crippen molar-refractivity contribution in [2.24, 2.45) is 11.3 Å². The minimum Gasteiger partial charge on any atom is -0.496 e. The number of hydrogen-bond donors (Lipinski definition) is 1. The number of nitrogens with one attached hydrogen (secondary N) is 1. The minimum absolute atomic E-state index is 0.0957. The summed E-state index contributed by atoms with van der Waals surface area (Å²) in [6.07, 6.45) is -2.18. The number of ketones is 1. The highest BCUT2D eigenvalue weighted by atomic mass is 35.5. The third-order valence-electron chi connectivity index (χ3n) is 9.42. The maximum atomic E-state index is 14.7. The molecule has 1 saturated carbocycles. The average Bonchev–Trinajstić information content (AvgIpc) is 3.59. The molecule has 0 aromatic heterocycles. The van der Waals surface area contributed by atoms with Crippen molar-refractivity contribution in [1.29, 1.82) is 0 Å². The molecule has 0 unspecified atom stereocenters. The van der Waals surface area contributed by atoms with Crippen molar-refractivity contribution < 1.29 is 32.3 Å². The van der Waals surface area contributed by atoms with Gasteiger partial charge in [-0.3, -0.25) is 14.4 Å². The van der Waals surface area contributed by atoms with Gasteiger partial charge in [0.2, 0.25) is 5.91 Å². The Hall–Kier alpha value is -2.82.